The third-order valence-electron chi connectivity index (χ3n) is 6.73. The summed E-state index contributed by atoms with van der Waals surface area (Å²) in [4.78, 5) is 25.5. The van der Waals surface area contributed by atoms with Crippen LogP contribution in [0, 0.1) is 12.3 Å². The molecule has 4 rings (SSSR count). The normalized spacial score (nSPS) is 13.8. The SMILES string of the molecule is CC(=O)c1c(O)c(C)c(O)c(Oc2c(O)c3c(c(C(=O)C=Cc4ccc(O)c(O)c4)c2O)CC(C)(C)C=C3)c1O. The maximum absolute atomic E-state index is 13.5. The molecule has 10 nitrogen and oxygen atoms in total. The van der Waals surface area contributed by atoms with E-state index in [9.17, 15) is 45.3 Å². The van der Waals surface area contributed by atoms with Crippen LogP contribution < -0.4 is 4.74 Å². The minimum Gasteiger partial charge on any atom is -0.507 e. The average Bonchev–Trinajstić information content (AvgIpc) is 2.87. The Morgan fingerprint density at radius 1 is 0.850 bits per heavy atom. The summed E-state index contributed by atoms with van der Waals surface area (Å²) in [5.74, 6) is -7.30. The molecular weight excluding hydrogens is 520 g/mol. The summed E-state index contributed by atoms with van der Waals surface area (Å²) >= 11 is 0. The van der Waals surface area contributed by atoms with Gasteiger partial charge in [0.15, 0.2) is 46.1 Å². The first kappa shape index (κ1) is 27.9. The van der Waals surface area contributed by atoms with Gasteiger partial charge in [-0.2, -0.15) is 0 Å². The maximum Gasteiger partial charge on any atom is 0.212 e. The fourth-order valence-corrected chi connectivity index (χ4v) is 4.56. The number of aromatic hydroxyl groups is 7. The maximum atomic E-state index is 13.5. The monoisotopic (exact) mass is 548 g/mol. The number of allylic oxidation sites excluding steroid dienone is 2. The summed E-state index contributed by atoms with van der Waals surface area (Å²) < 4.78 is 5.59. The van der Waals surface area contributed by atoms with Gasteiger partial charge >= 0.3 is 0 Å². The smallest absolute Gasteiger partial charge is 0.212 e. The number of carbonyl (C=O) groups excluding carboxylic acids is 2. The predicted octanol–water partition coefficient (Wildman–Crippen LogP) is 5.42. The number of phenols is 7. The number of hydrogen-bond donors (Lipinski definition) is 7. The Labute approximate surface area is 229 Å². The molecule has 0 amide bonds. The minimum atomic E-state index is -0.929. The number of fused-ring (bicyclic) bond motifs is 1. The zero-order chi connectivity index (χ0) is 29.7. The van der Waals surface area contributed by atoms with Crippen molar-refractivity contribution in [3.05, 3.63) is 63.7 Å². The zero-order valence-electron chi connectivity index (χ0n) is 22.1. The summed E-state index contributed by atoms with van der Waals surface area (Å²) in [6.07, 6.45) is 6.08. The molecule has 0 saturated carbocycles. The van der Waals surface area contributed by atoms with E-state index in [4.69, 9.17) is 4.74 Å². The Hall–Kier alpha value is -5.12. The summed E-state index contributed by atoms with van der Waals surface area (Å²) in [5.41, 5.74) is -0.561. The van der Waals surface area contributed by atoms with Crippen molar-refractivity contribution in [2.45, 2.75) is 34.1 Å². The van der Waals surface area contributed by atoms with Crippen molar-refractivity contribution in [3.63, 3.8) is 0 Å². The Bertz CT molecular complexity index is 1640. The number of rotatable bonds is 6. The number of carbonyl (C=O) groups is 2. The molecule has 0 saturated heterocycles. The van der Waals surface area contributed by atoms with Gasteiger partial charge in [-0.25, -0.2) is 0 Å². The first-order valence-electron chi connectivity index (χ1n) is 12.1. The number of benzene rings is 3. The molecule has 0 bridgehead atoms. The molecule has 0 aliphatic heterocycles. The van der Waals surface area contributed by atoms with Gasteiger partial charge in [-0.15, -0.1) is 0 Å². The molecule has 0 radical (unpaired) electrons. The summed E-state index contributed by atoms with van der Waals surface area (Å²) in [6, 6.07) is 3.93. The lowest BCUT2D eigenvalue weighted by atomic mass is 9.76. The highest BCUT2D eigenvalue weighted by Gasteiger charge is 2.34. The van der Waals surface area contributed by atoms with E-state index >= 15 is 0 Å². The molecule has 0 heterocycles. The molecule has 0 fully saturated rings. The van der Waals surface area contributed by atoms with Crippen molar-refractivity contribution >= 4 is 23.7 Å². The first-order chi connectivity index (χ1) is 18.6. The molecule has 0 atom stereocenters. The topological polar surface area (TPSA) is 185 Å². The fraction of sp³-hybridized carbons (Fsp3) is 0.200. The lowest BCUT2D eigenvalue weighted by molar-refractivity contribution is 0.100. The third kappa shape index (κ3) is 4.75. The molecule has 1 aliphatic rings. The molecule has 0 spiro atoms. The van der Waals surface area contributed by atoms with Crippen LogP contribution in [0.2, 0.25) is 0 Å². The quantitative estimate of drug-likeness (QED) is 0.119. The van der Waals surface area contributed by atoms with Crippen LogP contribution in [-0.4, -0.2) is 47.3 Å². The van der Waals surface area contributed by atoms with E-state index in [-0.39, 0.29) is 28.9 Å². The van der Waals surface area contributed by atoms with E-state index in [0.29, 0.717) is 11.1 Å². The summed E-state index contributed by atoms with van der Waals surface area (Å²) in [5, 5.41) is 73.2. The average molecular weight is 549 g/mol. The summed E-state index contributed by atoms with van der Waals surface area (Å²) in [6.45, 7) is 6.13. The van der Waals surface area contributed by atoms with Crippen molar-refractivity contribution in [3.8, 4) is 51.7 Å². The number of Topliss-reactive ketones (excluding diaryl/α,β-unsaturated/α-hetero) is 1. The molecule has 3 aromatic rings. The van der Waals surface area contributed by atoms with Gasteiger partial charge in [0, 0.05) is 11.1 Å². The molecular formula is C30H28O10. The van der Waals surface area contributed by atoms with Crippen LogP contribution >= 0.6 is 0 Å². The minimum absolute atomic E-state index is 0.160. The van der Waals surface area contributed by atoms with Crippen molar-refractivity contribution in [1.82, 2.24) is 0 Å². The highest BCUT2D eigenvalue weighted by molar-refractivity contribution is 6.11. The zero-order valence-corrected chi connectivity index (χ0v) is 22.1. The number of hydrogen-bond acceptors (Lipinski definition) is 10. The fourth-order valence-electron chi connectivity index (χ4n) is 4.56. The van der Waals surface area contributed by atoms with Crippen LogP contribution in [0.4, 0.5) is 0 Å². The molecule has 7 N–H and O–H groups in total. The molecule has 0 aromatic heterocycles. The second kappa shape index (κ2) is 9.88. The van der Waals surface area contributed by atoms with Crippen molar-refractivity contribution < 1.29 is 50.1 Å². The highest BCUT2D eigenvalue weighted by atomic mass is 16.5. The molecule has 10 heteroatoms. The molecule has 1 aliphatic carbocycles. The second-order valence-corrected chi connectivity index (χ2v) is 10.3. The van der Waals surface area contributed by atoms with Crippen LogP contribution in [0.5, 0.6) is 51.7 Å². The van der Waals surface area contributed by atoms with Gasteiger partial charge in [0.05, 0.1) is 5.56 Å². The first-order valence-corrected chi connectivity index (χ1v) is 12.1. The predicted molar refractivity (Wildman–Crippen MR) is 146 cm³/mol. The number of phenolic OH excluding ortho intramolecular Hbond substituents is 7. The highest BCUT2D eigenvalue weighted by Crippen LogP contribution is 2.54. The Morgan fingerprint density at radius 2 is 1.48 bits per heavy atom. The van der Waals surface area contributed by atoms with Crippen molar-refractivity contribution in [2.75, 3.05) is 0 Å². The van der Waals surface area contributed by atoms with Gasteiger partial charge in [-0.05, 0) is 55.0 Å². The lowest BCUT2D eigenvalue weighted by Crippen LogP contribution is -2.19. The number of ketones is 2. The van der Waals surface area contributed by atoms with Crippen LogP contribution in [0.25, 0.3) is 12.2 Å². The second-order valence-electron chi connectivity index (χ2n) is 10.3. The van der Waals surface area contributed by atoms with Crippen molar-refractivity contribution in [1.29, 1.82) is 0 Å². The van der Waals surface area contributed by atoms with E-state index in [1.165, 1.54) is 31.2 Å². The van der Waals surface area contributed by atoms with Gasteiger partial charge in [-0.3, -0.25) is 9.59 Å². The van der Waals surface area contributed by atoms with Crippen molar-refractivity contribution in [2.24, 2.45) is 5.41 Å². The van der Waals surface area contributed by atoms with Crippen LogP contribution in [0.3, 0.4) is 0 Å². The van der Waals surface area contributed by atoms with Crippen LogP contribution in [0.1, 0.15) is 63.7 Å². The Balaban J connectivity index is 1.92. The number of ether oxygens (including phenoxy) is 1. The van der Waals surface area contributed by atoms with E-state index in [1.54, 1.807) is 12.2 Å². The van der Waals surface area contributed by atoms with Gasteiger partial charge < -0.3 is 40.5 Å². The van der Waals surface area contributed by atoms with Gasteiger partial charge in [0.2, 0.25) is 11.5 Å². The molecule has 3 aromatic carbocycles. The Morgan fingerprint density at radius 3 is 2.10 bits per heavy atom. The van der Waals surface area contributed by atoms with E-state index in [1.807, 2.05) is 13.8 Å². The molecule has 0 unspecified atom stereocenters. The standard InChI is InChI=1S/C30H28O10/c1-13-23(35)21(14(2)31)26(38)28(24(13)36)40-29-25(37)16-9-10-30(3,4)12-17(16)22(27(29)39)19(33)8-6-15-5-7-18(32)20(34)11-15/h5-11,32,34-39H,12H2,1-4H3. The largest absolute Gasteiger partial charge is 0.507 e. The van der Waals surface area contributed by atoms with Crippen LogP contribution in [-0.2, 0) is 6.42 Å². The van der Waals surface area contributed by atoms with Gasteiger partial charge in [-0.1, -0.05) is 38.1 Å². The molecule has 208 valence electrons. The van der Waals surface area contributed by atoms with Crippen LogP contribution in [0.15, 0.2) is 30.4 Å². The van der Waals surface area contributed by atoms with E-state index in [0.717, 1.165) is 13.0 Å². The van der Waals surface area contributed by atoms with Gasteiger partial charge in [0.1, 0.15) is 11.3 Å². The Kier molecular flexibility index (Phi) is 6.89. The lowest BCUT2D eigenvalue weighted by Gasteiger charge is -2.29. The van der Waals surface area contributed by atoms with Gasteiger partial charge in [0.25, 0.3) is 0 Å². The van der Waals surface area contributed by atoms with E-state index < -0.39 is 68.5 Å². The molecule has 40 heavy (non-hydrogen) atoms. The third-order valence-corrected chi connectivity index (χ3v) is 6.73. The van der Waals surface area contributed by atoms with E-state index in [2.05, 4.69) is 0 Å². The summed E-state index contributed by atoms with van der Waals surface area (Å²) in [7, 11) is 0.